The smallest absolute Gasteiger partial charge is 0.447 e. The minimum Gasteiger partial charge on any atom is -0.447 e. The minimum absolute atomic E-state index is 0.0799. The third kappa shape index (κ3) is 12.5. The summed E-state index contributed by atoms with van der Waals surface area (Å²) < 4.78 is 63.3. The zero-order valence-electron chi connectivity index (χ0n) is 27.6. The number of phosphoric ester groups is 1. The Balaban J connectivity index is 1.71. The average Bonchev–Trinajstić information content (AvgIpc) is 2.96. The summed E-state index contributed by atoms with van der Waals surface area (Å²) in [7, 11) is -2.79. The van der Waals surface area contributed by atoms with Crippen LogP contribution in [0.5, 0.6) is 0 Å². The number of fused-ring (bicyclic) bond motifs is 1. The number of aromatic nitrogens is 1. The molecule has 0 aliphatic rings. The van der Waals surface area contributed by atoms with E-state index >= 15 is 0 Å². The summed E-state index contributed by atoms with van der Waals surface area (Å²) in [5.41, 5.74) is -1.90. The third-order valence-corrected chi connectivity index (χ3v) is 8.35. The third-order valence-electron chi connectivity index (χ3n) is 6.34. The zero-order valence-corrected chi connectivity index (χ0v) is 28.5. The topological polar surface area (TPSA) is 149 Å². The van der Waals surface area contributed by atoms with Crippen LogP contribution in [0.3, 0.4) is 0 Å². The van der Waals surface area contributed by atoms with Gasteiger partial charge in [0.25, 0.3) is 0 Å². The van der Waals surface area contributed by atoms with Crippen molar-refractivity contribution in [2.45, 2.75) is 77.9 Å². The van der Waals surface area contributed by atoms with Gasteiger partial charge in [-0.2, -0.15) is 0 Å². The highest BCUT2D eigenvalue weighted by atomic mass is 31.2. The molecular formula is C32H43F2N4O8P. The molecule has 0 spiro atoms. The number of hydrogen-bond acceptors (Lipinski definition) is 9. The summed E-state index contributed by atoms with van der Waals surface area (Å²) in [5.74, 6) is -1.92. The van der Waals surface area contributed by atoms with Gasteiger partial charge in [-0.25, -0.2) is 27.9 Å². The van der Waals surface area contributed by atoms with Crippen LogP contribution in [0.25, 0.3) is 10.8 Å². The van der Waals surface area contributed by atoms with E-state index in [1.807, 2.05) is 24.3 Å². The van der Waals surface area contributed by atoms with Gasteiger partial charge in [0.2, 0.25) is 0 Å². The first-order valence-corrected chi connectivity index (χ1v) is 16.4. The predicted octanol–water partition coefficient (Wildman–Crippen LogP) is 6.78. The Morgan fingerprint density at radius 1 is 0.979 bits per heavy atom. The van der Waals surface area contributed by atoms with Gasteiger partial charge < -0.3 is 20.1 Å². The van der Waals surface area contributed by atoms with Gasteiger partial charge in [-0.3, -0.25) is 18.9 Å². The Morgan fingerprint density at radius 3 is 2.26 bits per heavy atom. The first kappa shape index (κ1) is 37.8. The number of ether oxygens (including phenoxy) is 1. The van der Waals surface area contributed by atoms with E-state index in [1.54, 1.807) is 53.8 Å². The van der Waals surface area contributed by atoms with Gasteiger partial charge in [0, 0.05) is 30.7 Å². The number of rotatable bonds is 13. The molecule has 2 aromatic carbocycles. The normalized spacial score (nSPS) is 13.6. The molecule has 3 rings (SSSR count). The second kappa shape index (κ2) is 15.9. The summed E-state index contributed by atoms with van der Waals surface area (Å²) in [6.45, 7) is 8.75. The van der Waals surface area contributed by atoms with Crippen LogP contribution in [-0.4, -0.2) is 70.7 Å². The van der Waals surface area contributed by atoms with Crippen molar-refractivity contribution in [3.8, 4) is 0 Å². The van der Waals surface area contributed by atoms with Crippen LogP contribution in [0.2, 0.25) is 0 Å². The van der Waals surface area contributed by atoms with Crippen molar-refractivity contribution >= 4 is 36.5 Å². The number of hydrogen-bond donors (Lipinski definition) is 3. The number of halogens is 2. The standard InChI is InChI=1S/C32H43F2N4O8P/c1-31(2,3)45-47(42,46-32(4,5)6)44-20-25(39)16-24(38(7)29(40)36-18-23-13-10-14-26(33)28(23)34)19-43-30(41)37-27-15-21-11-8-9-12-22(21)17-35-27/h8-15,17,24-25,39H,16,18-20H2,1-7H3,(H,36,40)(H,35,37,41). The van der Waals surface area contributed by atoms with E-state index in [1.165, 1.54) is 19.2 Å². The van der Waals surface area contributed by atoms with Crippen LogP contribution in [0.1, 0.15) is 53.5 Å². The number of phosphoric acid groups is 1. The first-order chi connectivity index (χ1) is 21.8. The molecule has 258 valence electrons. The predicted molar refractivity (Wildman–Crippen MR) is 173 cm³/mol. The Hall–Kier alpha value is -3.68. The maximum absolute atomic E-state index is 14.1. The fourth-order valence-electron chi connectivity index (χ4n) is 4.25. The number of likely N-dealkylation sites (N-methyl/N-ethyl adjacent to an activating group) is 1. The Morgan fingerprint density at radius 2 is 1.62 bits per heavy atom. The van der Waals surface area contributed by atoms with E-state index in [0.717, 1.165) is 21.7 Å². The largest absolute Gasteiger partial charge is 0.475 e. The molecule has 3 aromatic rings. The van der Waals surface area contributed by atoms with Crippen LogP contribution in [0.15, 0.2) is 54.7 Å². The lowest BCUT2D eigenvalue weighted by molar-refractivity contribution is -0.0155. The maximum Gasteiger partial charge on any atom is 0.475 e. The molecule has 1 heterocycles. The number of pyridine rings is 1. The maximum atomic E-state index is 14.1. The Bertz CT molecular complexity index is 1560. The van der Waals surface area contributed by atoms with Crippen LogP contribution in [-0.2, 0) is 29.4 Å². The molecule has 0 aliphatic heterocycles. The number of nitrogens with zero attached hydrogens (tertiary/aromatic N) is 2. The van der Waals surface area contributed by atoms with Gasteiger partial charge in [-0.05, 0) is 65.5 Å². The molecule has 3 amide bonds. The van der Waals surface area contributed by atoms with Crippen molar-refractivity contribution in [1.82, 2.24) is 15.2 Å². The number of carbonyl (C=O) groups excluding carboxylic acids is 2. The molecule has 47 heavy (non-hydrogen) atoms. The SMILES string of the molecule is CN(C(=O)NCc1cccc(F)c1F)C(COC(=O)Nc1cc2ccccc2cn1)CC(O)COP(=O)(OC(C)(C)C)OC(C)(C)C. The molecule has 12 nitrogen and oxygen atoms in total. The Labute approximate surface area is 273 Å². The molecule has 0 saturated heterocycles. The lowest BCUT2D eigenvalue weighted by Crippen LogP contribution is -2.47. The fraction of sp³-hybridized carbons (Fsp3) is 0.469. The number of urea groups is 1. The number of nitrogens with one attached hydrogen (secondary N) is 2. The van der Waals surface area contributed by atoms with Crippen molar-refractivity contribution < 1.29 is 46.3 Å². The van der Waals surface area contributed by atoms with Crippen LogP contribution in [0.4, 0.5) is 24.2 Å². The van der Waals surface area contributed by atoms with Gasteiger partial charge >= 0.3 is 19.9 Å². The second-order valence-corrected chi connectivity index (χ2v) is 14.3. The molecular weight excluding hydrogens is 637 g/mol. The minimum atomic E-state index is -4.17. The van der Waals surface area contributed by atoms with Gasteiger partial charge in [0.05, 0.1) is 30.0 Å². The number of benzene rings is 2. The van der Waals surface area contributed by atoms with E-state index in [0.29, 0.717) is 0 Å². The first-order valence-electron chi connectivity index (χ1n) is 14.9. The summed E-state index contributed by atoms with van der Waals surface area (Å²) in [4.78, 5) is 31.1. The molecule has 0 saturated carbocycles. The molecule has 15 heteroatoms. The highest BCUT2D eigenvalue weighted by Gasteiger charge is 2.38. The molecule has 3 N–H and O–H groups in total. The summed E-state index contributed by atoms with van der Waals surface area (Å²) in [5, 5.41) is 17.6. The van der Waals surface area contributed by atoms with Gasteiger partial charge in [0.1, 0.15) is 12.4 Å². The summed E-state index contributed by atoms with van der Waals surface area (Å²) in [6, 6.07) is 11.0. The average molecular weight is 681 g/mol. The monoisotopic (exact) mass is 680 g/mol. The Kier molecular flexibility index (Phi) is 12.8. The van der Waals surface area contributed by atoms with Gasteiger partial charge in [-0.1, -0.05) is 36.4 Å². The molecule has 2 atom stereocenters. The highest BCUT2D eigenvalue weighted by Crippen LogP contribution is 2.55. The van der Waals surface area contributed by atoms with Gasteiger partial charge in [-0.15, -0.1) is 0 Å². The molecule has 2 unspecified atom stereocenters. The summed E-state index contributed by atoms with van der Waals surface area (Å²) >= 11 is 0. The molecule has 0 bridgehead atoms. The molecule has 0 aliphatic carbocycles. The summed E-state index contributed by atoms with van der Waals surface area (Å²) in [6.07, 6.45) is -0.842. The van der Waals surface area contributed by atoms with Crippen molar-refractivity contribution in [3.63, 3.8) is 0 Å². The van der Waals surface area contributed by atoms with Crippen molar-refractivity contribution in [2.24, 2.45) is 0 Å². The second-order valence-electron chi connectivity index (χ2n) is 12.8. The zero-order chi connectivity index (χ0) is 35.0. The lowest BCUT2D eigenvalue weighted by Gasteiger charge is -2.32. The lowest BCUT2D eigenvalue weighted by atomic mass is 10.1. The quantitative estimate of drug-likeness (QED) is 0.166. The van der Waals surface area contributed by atoms with E-state index in [-0.39, 0.29) is 24.3 Å². The van der Waals surface area contributed by atoms with E-state index in [2.05, 4.69) is 15.6 Å². The fourth-order valence-corrected chi connectivity index (χ4v) is 6.09. The van der Waals surface area contributed by atoms with E-state index in [9.17, 15) is 28.0 Å². The highest BCUT2D eigenvalue weighted by molar-refractivity contribution is 7.48. The van der Waals surface area contributed by atoms with Gasteiger partial charge in [0.15, 0.2) is 11.6 Å². The number of anilines is 1. The molecule has 0 fully saturated rings. The van der Waals surface area contributed by atoms with E-state index in [4.69, 9.17) is 18.3 Å². The van der Waals surface area contributed by atoms with Crippen LogP contribution < -0.4 is 10.6 Å². The number of carbonyl (C=O) groups is 2. The van der Waals surface area contributed by atoms with E-state index < -0.39 is 68.1 Å². The van der Waals surface area contributed by atoms with Crippen molar-refractivity contribution in [1.29, 1.82) is 0 Å². The molecule has 0 radical (unpaired) electrons. The van der Waals surface area contributed by atoms with Crippen molar-refractivity contribution in [3.05, 3.63) is 71.9 Å². The molecule has 1 aromatic heterocycles. The number of aliphatic hydroxyl groups excluding tert-OH is 1. The number of amides is 3. The van der Waals surface area contributed by atoms with Crippen LogP contribution >= 0.6 is 7.82 Å². The van der Waals surface area contributed by atoms with Crippen LogP contribution in [0, 0.1) is 11.6 Å². The van der Waals surface area contributed by atoms with Crippen molar-refractivity contribution in [2.75, 3.05) is 25.6 Å². The number of aliphatic hydroxyl groups is 1.